The van der Waals surface area contributed by atoms with E-state index in [0.717, 1.165) is 39.0 Å². The first-order valence-electron chi connectivity index (χ1n) is 7.41. The van der Waals surface area contributed by atoms with Crippen molar-refractivity contribution in [2.75, 3.05) is 45.9 Å². The number of hydrogen-bond acceptors (Lipinski definition) is 4. The number of carbonyl (C=O) groups is 1. The Kier molecular flexibility index (Phi) is 5.45. The molecule has 4 heteroatoms. The average molecular weight is 254 g/mol. The van der Waals surface area contributed by atoms with E-state index in [2.05, 4.69) is 9.80 Å². The smallest absolute Gasteiger partial charge is 0.310 e. The fourth-order valence-electron chi connectivity index (χ4n) is 3.00. The maximum absolute atomic E-state index is 11.7. The Hall–Kier alpha value is -0.610. The van der Waals surface area contributed by atoms with E-state index in [0.29, 0.717) is 6.61 Å². The number of rotatable bonds is 5. The lowest BCUT2D eigenvalue weighted by molar-refractivity contribution is -0.149. The lowest BCUT2D eigenvalue weighted by Crippen LogP contribution is -2.42. The summed E-state index contributed by atoms with van der Waals surface area (Å²) in [5, 5.41) is 0. The fraction of sp³-hybridized carbons (Fsp3) is 0.929. The third-order valence-electron chi connectivity index (χ3n) is 4.06. The molecule has 2 fully saturated rings. The molecule has 2 aliphatic heterocycles. The maximum atomic E-state index is 11.7. The van der Waals surface area contributed by atoms with Gasteiger partial charge in [0.2, 0.25) is 0 Å². The van der Waals surface area contributed by atoms with Crippen LogP contribution in [0, 0.1) is 5.92 Å². The zero-order valence-corrected chi connectivity index (χ0v) is 11.6. The molecule has 1 unspecified atom stereocenters. The lowest BCUT2D eigenvalue weighted by Gasteiger charge is -2.32. The summed E-state index contributed by atoms with van der Waals surface area (Å²) in [6.07, 6.45) is 4.83. The molecule has 2 aliphatic rings. The standard InChI is InChI=1S/C14H26N2O2/c1-2-18-14(17)13-6-5-9-16(12-13)11-10-15-7-3-4-8-15/h13H,2-12H2,1H3. The second-order valence-corrected chi connectivity index (χ2v) is 5.44. The lowest BCUT2D eigenvalue weighted by atomic mass is 9.98. The van der Waals surface area contributed by atoms with E-state index < -0.39 is 0 Å². The zero-order valence-electron chi connectivity index (χ0n) is 11.6. The summed E-state index contributed by atoms with van der Waals surface area (Å²) in [5.41, 5.74) is 0. The molecule has 104 valence electrons. The van der Waals surface area contributed by atoms with Crippen molar-refractivity contribution in [3.63, 3.8) is 0 Å². The zero-order chi connectivity index (χ0) is 12.8. The highest BCUT2D eigenvalue weighted by molar-refractivity contribution is 5.72. The van der Waals surface area contributed by atoms with Crippen LogP contribution in [-0.4, -0.2) is 61.6 Å². The van der Waals surface area contributed by atoms with Crippen LogP contribution in [0.4, 0.5) is 0 Å². The van der Waals surface area contributed by atoms with Crippen LogP contribution in [0.3, 0.4) is 0 Å². The van der Waals surface area contributed by atoms with Crippen LogP contribution in [0.2, 0.25) is 0 Å². The van der Waals surface area contributed by atoms with Crippen molar-refractivity contribution in [2.24, 2.45) is 5.92 Å². The van der Waals surface area contributed by atoms with Gasteiger partial charge in [-0.3, -0.25) is 4.79 Å². The summed E-state index contributed by atoms with van der Waals surface area (Å²) in [6, 6.07) is 0. The van der Waals surface area contributed by atoms with Crippen LogP contribution < -0.4 is 0 Å². The Morgan fingerprint density at radius 3 is 2.50 bits per heavy atom. The summed E-state index contributed by atoms with van der Waals surface area (Å²) < 4.78 is 5.13. The Bertz CT molecular complexity index is 265. The fourth-order valence-corrected chi connectivity index (χ4v) is 3.00. The molecule has 0 spiro atoms. The number of carbonyl (C=O) groups excluding carboxylic acids is 1. The van der Waals surface area contributed by atoms with E-state index in [4.69, 9.17) is 4.74 Å². The highest BCUT2D eigenvalue weighted by Gasteiger charge is 2.26. The van der Waals surface area contributed by atoms with Crippen LogP contribution in [0.25, 0.3) is 0 Å². The van der Waals surface area contributed by atoms with E-state index in [1.54, 1.807) is 0 Å². The van der Waals surface area contributed by atoms with Gasteiger partial charge in [0.1, 0.15) is 0 Å². The predicted molar refractivity (Wildman–Crippen MR) is 71.5 cm³/mol. The van der Waals surface area contributed by atoms with Gasteiger partial charge in [-0.1, -0.05) is 0 Å². The minimum absolute atomic E-state index is 0.00312. The van der Waals surface area contributed by atoms with Gasteiger partial charge in [0.15, 0.2) is 0 Å². The van der Waals surface area contributed by atoms with Crippen LogP contribution in [0.15, 0.2) is 0 Å². The van der Waals surface area contributed by atoms with E-state index in [9.17, 15) is 4.79 Å². The van der Waals surface area contributed by atoms with Crippen molar-refractivity contribution in [3.8, 4) is 0 Å². The van der Waals surface area contributed by atoms with Crippen molar-refractivity contribution in [1.82, 2.24) is 9.80 Å². The summed E-state index contributed by atoms with van der Waals surface area (Å²) in [6.45, 7) is 9.21. The van der Waals surface area contributed by atoms with Gasteiger partial charge in [-0.05, 0) is 52.2 Å². The molecule has 0 N–H and O–H groups in total. The molecule has 0 amide bonds. The molecular formula is C14H26N2O2. The van der Waals surface area contributed by atoms with Gasteiger partial charge >= 0.3 is 5.97 Å². The van der Waals surface area contributed by atoms with E-state index >= 15 is 0 Å². The molecule has 0 aliphatic carbocycles. The maximum Gasteiger partial charge on any atom is 0.310 e. The molecule has 4 nitrogen and oxygen atoms in total. The van der Waals surface area contributed by atoms with Gasteiger partial charge in [-0.15, -0.1) is 0 Å². The minimum Gasteiger partial charge on any atom is -0.466 e. The molecule has 18 heavy (non-hydrogen) atoms. The molecule has 0 aromatic heterocycles. The molecule has 1 atom stereocenters. The molecule has 0 saturated carbocycles. The van der Waals surface area contributed by atoms with Gasteiger partial charge in [0.25, 0.3) is 0 Å². The Morgan fingerprint density at radius 2 is 1.78 bits per heavy atom. The first-order valence-corrected chi connectivity index (χ1v) is 7.41. The molecule has 0 aromatic rings. The highest BCUT2D eigenvalue weighted by Crippen LogP contribution is 2.18. The number of piperidine rings is 1. The van der Waals surface area contributed by atoms with Crippen molar-refractivity contribution in [1.29, 1.82) is 0 Å². The average Bonchev–Trinajstić information content (AvgIpc) is 2.90. The first kappa shape index (κ1) is 13.8. The number of ether oxygens (including phenoxy) is 1. The van der Waals surface area contributed by atoms with E-state index in [1.807, 2.05) is 6.92 Å². The predicted octanol–water partition coefficient (Wildman–Crippen LogP) is 1.36. The van der Waals surface area contributed by atoms with Crippen molar-refractivity contribution >= 4 is 5.97 Å². The monoisotopic (exact) mass is 254 g/mol. The molecule has 2 heterocycles. The molecule has 0 aromatic carbocycles. The number of likely N-dealkylation sites (tertiary alicyclic amines) is 2. The largest absolute Gasteiger partial charge is 0.466 e. The van der Waals surface area contributed by atoms with Crippen LogP contribution in [0.1, 0.15) is 32.6 Å². The summed E-state index contributed by atoms with van der Waals surface area (Å²) in [4.78, 5) is 16.7. The van der Waals surface area contributed by atoms with Crippen molar-refractivity contribution < 1.29 is 9.53 Å². The van der Waals surface area contributed by atoms with Gasteiger partial charge in [-0.2, -0.15) is 0 Å². The second kappa shape index (κ2) is 7.10. The van der Waals surface area contributed by atoms with Crippen molar-refractivity contribution in [2.45, 2.75) is 32.6 Å². The third-order valence-corrected chi connectivity index (χ3v) is 4.06. The molecule has 0 radical (unpaired) electrons. The number of esters is 1. The highest BCUT2D eigenvalue weighted by atomic mass is 16.5. The Labute approximate surface area is 110 Å². The van der Waals surface area contributed by atoms with Gasteiger partial charge in [-0.25, -0.2) is 0 Å². The Morgan fingerprint density at radius 1 is 1.11 bits per heavy atom. The van der Waals surface area contributed by atoms with Gasteiger partial charge in [0, 0.05) is 19.6 Å². The van der Waals surface area contributed by atoms with E-state index in [-0.39, 0.29) is 11.9 Å². The number of hydrogen-bond donors (Lipinski definition) is 0. The summed E-state index contributed by atoms with van der Waals surface area (Å²) in [7, 11) is 0. The summed E-state index contributed by atoms with van der Waals surface area (Å²) in [5.74, 6) is 0.112. The Balaban J connectivity index is 1.70. The third kappa shape index (κ3) is 3.95. The first-order chi connectivity index (χ1) is 8.79. The van der Waals surface area contributed by atoms with Crippen LogP contribution in [0.5, 0.6) is 0 Å². The van der Waals surface area contributed by atoms with Gasteiger partial charge < -0.3 is 14.5 Å². The topological polar surface area (TPSA) is 32.8 Å². The minimum atomic E-state index is 0.00312. The normalized spacial score (nSPS) is 26.4. The molecule has 2 rings (SSSR count). The quantitative estimate of drug-likeness (QED) is 0.694. The van der Waals surface area contributed by atoms with Crippen molar-refractivity contribution in [3.05, 3.63) is 0 Å². The SMILES string of the molecule is CCOC(=O)C1CCCN(CCN2CCCC2)C1. The summed E-state index contributed by atoms with van der Waals surface area (Å²) >= 11 is 0. The number of nitrogens with zero attached hydrogens (tertiary/aromatic N) is 2. The molecular weight excluding hydrogens is 228 g/mol. The van der Waals surface area contributed by atoms with Crippen LogP contribution >= 0.6 is 0 Å². The molecule has 2 saturated heterocycles. The molecule has 0 bridgehead atoms. The van der Waals surface area contributed by atoms with Gasteiger partial charge in [0.05, 0.1) is 12.5 Å². The second-order valence-electron chi connectivity index (χ2n) is 5.44. The van der Waals surface area contributed by atoms with Crippen LogP contribution in [-0.2, 0) is 9.53 Å². The van der Waals surface area contributed by atoms with E-state index in [1.165, 1.54) is 25.9 Å².